The predicted molar refractivity (Wildman–Crippen MR) is 53.7 cm³/mol. The van der Waals surface area contributed by atoms with Gasteiger partial charge < -0.3 is 4.52 Å². The molecule has 5 nitrogen and oxygen atoms in total. The number of sulfonamides is 1. The van der Waals surface area contributed by atoms with E-state index in [1.807, 2.05) is 0 Å². The van der Waals surface area contributed by atoms with Crippen molar-refractivity contribution in [2.75, 3.05) is 10.5 Å². The number of nitrogens with zero attached hydrogens (tertiary/aromatic N) is 1. The van der Waals surface area contributed by atoms with E-state index in [4.69, 9.17) is 4.52 Å². The summed E-state index contributed by atoms with van der Waals surface area (Å²) in [5.41, 5.74) is 1.42. The van der Waals surface area contributed by atoms with Crippen LogP contribution in [0.1, 0.15) is 24.6 Å². The van der Waals surface area contributed by atoms with E-state index >= 15 is 0 Å². The first kappa shape index (κ1) is 11.0. The Morgan fingerprint density at radius 2 is 2.07 bits per heavy atom. The first-order valence-corrected chi connectivity index (χ1v) is 6.05. The van der Waals surface area contributed by atoms with E-state index in [9.17, 15) is 8.42 Å². The third kappa shape index (κ3) is 2.47. The predicted octanol–water partition coefficient (Wildman–Crippen LogP) is 1.44. The van der Waals surface area contributed by atoms with Crippen LogP contribution < -0.4 is 4.72 Å². The second-order valence-electron chi connectivity index (χ2n) is 3.14. The number of aryl methyl sites for hydroxylation is 1. The highest BCUT2D eigenvalue weighted by atomic mass is 32.2. The molecule has 0 unspecified atom stereocenters. The molecule has 0 saturated carbocycles. The normalized spacial score (nSPS) is 11.6. The fraction of sp³-hybridized carbons (Fsp3) is 0.625. The smallest absolute Gasteiger partial charge is 0.241 e. The zero-order valence-corrected chi connectivity index (χ0v) is 9.31. The van der Waals surface area contributed by atoms with E-state index in [0.717, 1.165) is 5.56 Å². The van der Waals surface area contributed by atoms with E-state index in [1.54, 1.807) is 20.8 Å². The molecule has 0 amide bonds. The second-order valence-corrected chi connectivity index (χ2v) is 4.98. The van der Waals surface area contributed by atoms with Crippen molar-refractivity contribution in [3.8, 4) is 0 Å². The van der Waals surface area contributed by atoms with Gasteiger partial charge in [0.2, 0.25) is 15.9 Å². The van der Waals surface area contributed by atoms with Crippen LogP contribution in [0.4, 0.5) is 5.88 Å². The molecule has 1 aromatic heterocycles. The Bertz CT molecular complexity index is 408. The maximum atomic E-state index is 11.4. The van der Waals surface area contributed by atoms with E-state index < -0.39 is 10.0 Å². The van der Waals surface area contributed by atoms with Crippen LogP contribution in [0.3, 0.4) is 0 Å². The molecule has 0 aliphatic rings. The van der Waals surface area contributed by atoms with Crippen molar-refractivity contribution in [1.82, 2.24) is 5.16 Å². The van der Waals surface area contributed by atoms with Gasteiger partial charge in [0.15, 0.2) is 0 Å². The number of anilines is 1. The molecule has 0 saturated heterocycles. The summed E-state index contributed by atoms with van der Waals surface area (Å²) in [5, 5.41) is 3.66. The van der Waals surface area contributed by atoms with Crippen LogP contribution in [0, 0.1) is 13.8 Å². The Kier molecular flexibility index (Phi) is 3.15. The Morgan fingerprint density at radius 3 is 2.50 bits per heavy atom. The Labute approximate surface area is 83.5 Å². The van der Waals surface area contributed by atoms with E-state index in [-0.39, 0.29) is 11.6 Å². The van der Waals surface area contributed by atoms with Gasteiger partial charge in [0, 0.05) is 5.56 Å². The maximum absolute atomic E-state index is 11.4. The minimum Gasteiger partial charge on any atom is -0.337 e. The van der Waals surface area contributed by atoms with E-state index in [2.05, 4.69) is 9.88 Å². The highest BCUT2D eigenvalue weighted by molar-refractivity contribution is 7.92. The molecule has 80 valence electrons. The summed E-state index contributed by atoms with van der Waals surface area (Å²) in [6.07, 6.45) is 0.571. The van der Waals surface area contributed by atoms with Gasteiger partial charge in [0.05, 0.1) is 11.4 Å². The van der Waals surface area contributed by atoms with Crippen LogP contribution in [-0.2, 0) is 10.0 Å². The van der Waals surface area contributed by atoms with Crippen LogP contribution >= 0.6 is 0 Å². The van der Waals surface area contributed by atoms with Crippen LogP contribution in [0.2, 0.25) is 0 Å². The maximum Gasteiger partial charge on any atom is 0.241 e. The summed E-state index contributed by atoms with van der Waals surface area (Å²) < 4.78 is 29.9. The van der Waals surface area contributed by atoms with E-state index in [1.165, 1.54) is 0 Å². The highest BCUT2D eigenvalue weighted by Gasteiger charge is 2.15. The van der Waals surface area contributed by atoms with Crippen molar-refractivity contribution in [3.05, 3.63) is 11.3 Å². The molecule has 0 spiro atoms. The molecule has 0 bridgehead atoms. The molecular weight excluding hydrogens is 204 g/mol. The van der Waals surface area contributed by atoms with Gasteiger partial charge in [0.25, 0.3) is 0 Å². The lowest BCUT2D eigenvalue weighted by Gasteiger charge is -2.02. The Balaban J connectivity index is 2.84. The minimum atomic E-state index is -3.28. The zero-order valence-electron chi connectivity index (χ0n) is 8.49. The molecule has 0 aromatic carbocycles. The quantitative estimate of drug-likeness (QED) is 0.830. The van der Waals surface area contributed by atoms with Crippen molar-refractivity contribution in [2.45, 2.75) is 27.2 Å². The third-order valence-electron chi connectivity index (χ3n) is 1.88. The summed E-state index contributed by atoms with van der Waals surface area (Å²) in [6.45, 7) is 5.32. The summed E-state index contributed by atoms with van der Waals surface area (Å²) in [5.74, 6) is 0.308. The molecule has 1 heterocycles. The number of nitrogens with one attached hydrogen (secondary N) is 1. The van der Waals surface area contributed by atoms with Crippen LogP contribution in [0.15, 0.2) is 4.52 Å². The molecule has 1 N–H and O–H groups in total. The number of aromatic nitrogens is 1. The van der Waals surface area contributed by atoms with Gasteiger partial charge in [-0.25, -0.2) is 8.42 Å². The number of rotatable bonds is 4. The third-order valence-corrected chi connectivity index (χ3v) is 3.32. The Hall–Kier alpha value is -1.04. The molecule has 0 atom stereocenters. The number of hydrogen-bond donors (Lipinski definition) is 1. The Morgan fingerprint density at radius 1 is 1.43 bits per heavy atom. The average Bonchev–Trinajstić information content (AvgIpc) is 2.35. The molecular formula is C8H14N2O3S. The summed E-state index contributed by atoms with van der Waals surface area (Å²) in [7, 11) is -3.28. The SMILES string of the molecule is CCCS(=O)(=O)Nc1onc(C)c1C. The van der Waals surface area contributed by atoms with Crippen molar-refractivity contribution in [1.29, 1.82) is 0 Å². The molecule has 0 fully saturated rings. The molecule has 1 aromatic rings. The van der Waals surface area contributed by atoms with Gasteiger partial charge in [-0.15, -0.1) is 0 Å². The monoisotopic (exact) mass is 218 g/mol. The molecule has 1 rings (SSSR count). The van der Waals surface area contributed by atoms with Gasteiger partial charge in [-0.3, -0.25) is 4.72 Å². The standard InChI is InChI=1S/C8H14N2O3S/c1-4-5-14(11,12)10-8-6(2)7(3)9-13-8/h10H,4-5H2,1-3H3. The lowest BCUT2D eigenvalue weighted by Crippen LogP contribution is -2.16. The fourth-order valence-electron chi connectivity index (χ4n) is 0.972. The molecule has 6 heteroatoms. The first-order valence-electron chi connectivity index (χ1n) is 4.39. The molecule has 14 heavy (non-hydrogen) atoms. The summed E-state index contributed by atoms with van der Waals surface area (Å²) >= 11 is 0. The number of hydrogen-bond acceptors (Lipinski definition) is 4. The first-order chi connectivity index (χ1) is 6.46. The topological polar surface area (TPSA) is 72.2 Å². The van der Waals surface area contributed by atoms with Crippen LogP contribution in [-0.4, -0.2) is 19.3 Å². The second kappa shape index (κ2) is 4.00. The highest BCUT2D eigenvalue weighted by Crippen LogP contribution is 2.18. The lowest BCUT2D eigenvalue weighted by atomic mass is 10.3. The molecule has 0 radical (unpaired) electrons. The van der Waals surface area contributed by atoms with Gasteiger partial charge in [-0.05, 0) is 20.3 Å². The van der Waals surface area contributed by atoms with Crippen molar-refractivity contribution < 1.29 is 12.9 Å². The minimum absolute atomic E-state index is 0.0895. The molecule has 0 aliphatic heterocycles. The summed E-state index contributed by atoms with van der Waals surface area (Å²) in [4.78, 5) is 0. The van der Waals surface area contributed by atoms with Gasteiger partial charge in [-0.1, -0.05) is 12.1 Å². The van der Waals surface area contributed by atoms with E-state index in [0.29, 0.717) is 12.1 Å². The van der Waals surface area contributed by atoms with Crippen molar-refractivity contribution in [3.63, 3.8) is 0 Å². The van der Waals surface area contributed by atoms with Crippen molar-refractivity contribution >= 4 is 15.9 Å². The largest absolute Gasteiger partial charge is 0.337 e. The average molecular weight is 218 g/mol. The zero-order chi connectivity index (χ0) is 10.8. The van der Waals surface area contributed by atoms with Gasteiger partial charge >= 0.3 is 0 Å². The van der Waals surface area contributed by atoms with Gasteiger partial charge in [0.1, 0.15) is 0 Å². The van der Waals surface area contributed by atoms with Gasteiger partial charge in [-0.2, -0.15) is 0 Å². The van der Waals surface area contributed by atoms with Crippen LogP contribution in [0.25, 0.3) is 0 Å². The fourth-order valence-corrected chi connectivity index (χ4v) is 2.08. The van der Waals surface area contributed by atoms with Crippen LogP contribution in [0.5, 0.6) is 0 Å². The molecule has 0 aliphatic carbocycles. The lowest BCUT2D eigenvalue weighted by molar-refractivity contribution is 0.430. The van der Waals surface area contributed by atoms with Crippen molar-refractivity contribution in [2.24, 2.45) is 0 Å². The summed E-state index contributed by atoms with van der Waals surface area (Å²) in [6, 6.07) is 0.